The molecule has 2 aromatic rings. The number of hydrogen-bond donors (Lipinski definition) is 2. The summed E-state index contributed by atoms with van der Waals surface area (Å²) >= 11 is 0. The third-order valence-electron chi connectivity index (χ3n) is 3.86. The zero-order chi connectivity index (χ0) is 18.2. The predicted octanol–water partition coefficient (Wildman–Crippen LogP) is 1.88. The molecule has 0 spiro atoms. The minimum absolute atomic E-state index is 0.155. The van der Waals surface area contributed by atoms with Crippen molar-refractivity contribution in [3.63, 3.8) is 0 Å². The number of nitrogens with zero attached hydrogens (tertiary/aromatic N) is 1. The Hall–Kier alpha value is -2.83. The lowest BCUT2D eigenvalue weighted by Crippen LogP contribution is -2.61. The number of hydrogen-bond acceptors (Lipinski definition) is 4. The van der Waals surface area contributed by atoms with Crippen molar-refractivity contribution >= 4 is 22.9 Å². The first-order valence-electron chi connectivity index (χ1n) is 8.14. The Morgan fingerprint density at radius 1 is 1.24 bits per heavy atom. The molecule has 132 valence electrons. The van der Waals surface area contributed by atoms with Gasteiger partial charge in [-0.15, -0.1) is 0 Å². The Balaban J connectivity index is 1.65. The number of fused-ring (bicyclic) bond motifs is 1. The number of para-hydroxylation sites is 1. The van der Waals surface area contributed by atoms with Crippen LogP contribution in [0.4, 0.5) is 4.79 Å². The van der Waals surface area contributed by atoms with Gasteiger partial charge in [-0.3, -0.25) is 9.59 Å². The maximum Gasteiger partial charge on any atom is 0.410 e. The number of nitrogens with one attached hydrogen (secondary N) is 2. The van der Waals surface area contributed by atoms with E-state index in [1.165, 1.54) is 11.0 Å². The van der Waals surface area contributed by atoms with Crippen LogP contribution < -0.4 is 10.9 Å². The number of H-pyrrole nitrogens is 1. The van der Waals surface area contributed by atoms with Gasteiger partial charge >= 0.3 is 6.09 Å². The molecule has 0 radical (unpaired) electrons. The highest BCUT2D eigenvalue weighted by molar-refractivity contribution is 6.06. The molecule has 7 heteroatoms. The SMILES string of the molecule is CC(C)(C)OC(=O)N1CC(NC(=O)c2cc(=O)[nH]c3ccccc23)C1. The van der Waals surface area contributed by atoms with Crippen molar-refractivity contribution in [2.45, 2.75) is 32.4 Å². The number of pyridine rings is 1. The maximum absolute atomic E-state index is 12.5. The molecule has 3 rings (SSSR count). The second-order valence-electron chi connectivity index (χ2n) is 7.15. The van der Waals surface area contributed by atoms with Crippen LogP contribution in [0.15, 0.2) is 35.1 Å². The van der Waals surface area contributed by atoms with Gasteiger partial charge in [0.2, 0.25) is 5.56 Å². The number of carbonyl (C=O) groups is 2. The number of likely N-dealkylation sites (tertiary alicyclic amines) is 1. The molecule has 25 heavy (non-hydrogen) atoms. The molecular formula is C18H21N3O4. The van der Waals surface area contributed by atoms with Crippen LogP contribution in [0, 0.1) is 0 Å². The van der Waals surface area contributed by atoms with Crippen LogP contribution >= 0.6 is 0 Å². The van der Waals surface area contributed by atoms with Crippen molar-refractivity contribution in [3.8, 4) is 0 Å². The third-order valence-corrected chi connectivity index (χ3v) is 3.86. The van der Waals surface area contributed by atoms with Gasteiger partial charge in [0.25, 0.3) is 5.91 Å². The molecule has 0 atom stereocenters. The van der Waals surface area contributed by atoms with Crippen molar-refractivity contribution in [2.75, 3.05) is 13.1 Å². The van der Waals surface area contributed by atoms with Gasteiger partial charge in [-0.05, 0) is 26.8 Å². The quantitative estimate of drug-likeness (QED) is 0.871. The van der Waals surface area contributed by atoms with Gasteiger partial charge in [0.05, 0.1) is 11.6 Å². The summed E-state index contributed by atoms with van der Waals surface area (Å²) in [5.74, 6) is -0.323. The number of ether oxygens (including phenoxy) is 1. The van der Waals surface area contributed by atoms with Crippen LogP contribution in [0.2, 0.25) is 0 Å². The van der Waals surface area contributed by atoms with Crippen LogP contribution in [-0.4, -0.2) is 46.6 Å². The van der Waals surface area contributed by atoms with Crippen molar-refractivity contribution in [2.24, 2.45) is 0 Å². The standard InChI is InChI=1S/C18H21N3O4/c1-18(2,3)25-17(24)21-9-11(10-21)19-16(23)13-8-15(22)20-14-7-5-4-6-12(13)14/h4-8,11H,9-10H2,1-3H3,(H,19,23)(H,20,22). The molecule has 0 saturated carbocycles. The molecule has 1 fully saturated rings. The van der Waals surface area contributed by atoms with Crippen LogP contribution in [0.1, 0.15) is 31.1 Å². The smallest absolute Gasteiger partial charge is 0.410 e. The number of aromatic amines is 1. The first-order valence-corrected chi connectivity index (χ1v) is 8.14. The number of benzene rings is 1. The Kier molecular flexibility index (Phi) is 4.24. The average molecular weight is 343 g/mol. The number of rotatable bonds is 2. The summed E-state index contributed by atoms with van der Waals surface area (Å²) in [7, 11) is 0. The summed E-state index contributed by atoms with van der Waals surface area (Å²) < 4.78 is 5.28. The highest BCUT2D eigenvalue weighted by Gasteiger charge is 2.34. The molecule has 2 amide bonds. The summed E-state index contributed by atoms with van der Waals surface area (Å²) in [5, 5.41) is 3.54. The van der Waals surface area contributed by atoms with Crippen LogP contribution in [0.25, 0.3) is 10.9 Å². The fraction of sp³-hybridized carbons (Fsp3) is 0.389. The van der Waals surface area contributed by atoms with E-state index in [0.717, 1.165) is 0 Å². The fourth-order valence-corrected chi connectivity index (χ4v) is 2.70. The summed E-state index contributed by atoms with van der Waals surface area (Å²) in [6.07, 6.45) is -0.389. The fourth-order valence-electron chi connectivity index (χ4n) is 2.70. The van der Waals surface area contributed by atoms with Crippen molar-refractivity contribution in [1.29, 1.82) is 0 Å². The van der Waals surface area contributed by atoms with Gasteiger partial charge in [0, 0.05) is 30.1 Å². The number of carbonyl (C=O) groups excluding carboxylic acids is 2. The van der Waals surface area contributed by atoms with Crippen LogP contribution in [-0.2, 0) is 4.74 Å². The van der Waals surface area contributed by atoms with Crippen molar-refractivity contribution < 1.29 is 14.3 Å². The molecule has 2 N–H and O–H groups in total. The van der Waals surface area contributed by atoms with E-state index in [9.17, 15) is 14.4 Å². The number of amides is 2. The van der Waals surface area contributed by atoms with E-state index in [-0.39, 0.29) is 23.6 Å². The molecule has 7 nitrogen and oxygen atoms in total. The summed E-state index contributed by atoms with van der Waals surface area (Å²) in [6, 6.07) is 8.28. The number of aromatic nitrogens is 1. The predicted molar refractivity (Wildman–Crippen MR) is 93.6 cm³/mol. The Bertz CT molecular complexity index is 876. The van der Waals surface area contributed by atoms with Gasteiger partial charge < -0.3 is 19.9 Å². The van der Waals surface area contributed by atoms with Crippen LogP contribution in [0.5, 0.6) is 0 Å². The minimum Gasteiger partial charge on any atom is -0.444 e. The monoisotopic (exact) mass is 343 g/mol. The lowest BCUT2D eigenvalue weighted by atomic mass is 10.1. The Morgan fingerprint density at radius 2 is 1.92 bits per heavy atom. The van der Waals surface area contributed by atoms with Crippen molar-refractivity contribution in [3.05, 3.63) is 46.2 Å². The topological polar surface area (TPSA) is 91.5 Å². The van der Waals surface area contributed by atoms with Gasteiger partial charge in [-0.1, -0.05) is 18.2 Å². The zero-order valence-electron chi connectivity index (χ0n) is 14.5. The maximum atomic E-state index is 12.5. The first-order chi connectivity index (χ1) is 11.7. The molecule has 1 saturated heterocycles. The highest BCUT2D eigenvalue weighted by Crippen LogP contribution is 2.17. The Morgan fingerprint density at radius 3 is 2.60 bits per heavy atom. The molecule has 0 unspecified atom stereocenters. The largest absolute Gasteiger partial charge is 0.444 e. The van der Waals surface area contributed by atoms with E-state index in [2.05, 4.69) is 10.3 Å². The van der Waals surface area contributed by atoms with Crippen molar-refractivity contribution in [1.82, 2.24) is 15.2 Å². The van der Waals surface area contributed by atoms with Gasteiger partial charge in [0.15, 0.2) is 0 Å². The second kappa shape index (κ2) is 6.23. The zero-order valence-corrected chi connectivity index (χ0v) is 14.5. The lowest BCUT2D eigenvalue weighted by molar-refractivity contribution is 0.00534. The second-order valence-corrected chi connectivity index (χ2v) is 7.15. The van der Waals surface area contributed by atoms with Crippen LogP contribution in [0.3, 0.4) is 0 Å². The van der Waals surface area contributed by atoms with E-state index >= 15 is 0 Å². The molecule has 2 heterocycles. The third kappa shape index (κ3) is 3.81. The molecule has 0 aliphatic carbocycles. The highest BCUT2D eigenvalue weighted by atomic mass is 16.6. The molecule has 0 bridgehead atoms. The van der Waals surface area contributed by atoms with Gasteiger partial charge in [-0.2, -0.15) is 0 Å². The summed E-state index contributed by atoms with van der Waals surface area (Å²) in [4.78, 5) is 40.4. The molecular weight excluding hydrogens is 322 g/mol. The Labute approximate surface area is 145 Å². The average Bonchev–Trinajstić information content (AvgIpc) is 2.47. The minimum atomic E-state index is -0.546. The van der Waals surface area contributed by atoms with E-state index < -0.39 is 5.60 Å². The first kappa shape index (κ1) is 17.0. The summed E-state index contributed by atoms with van der Waals surface area (Å²) in [6.45, 7) is 6.20. The van der Waals surface area contributed by atoms with E-state index in [4.69, 9.17) is 4.74 Å². The van der Waals surface area contributed by atoms with E-state index in [1.54, 1.807) is 18.2 Å². The van der Waals surface area contributed by atoms with E-state index in [0.29, 0.717) is 29.6 Å². The molecule has 1 aliphatic heterocycles. The van der Waals surface area contributed by atoms with Gasteiger partial charge in [0.1, 0.15) is 5.60 Å². The lowest BCUT2D eigenvalue weighted by Gasteiger charge is -2.40. The molecule has 1 aromatic heterocycles. The summed E-state index contributed by atoms with van der Waals surface area (Å²) in [5.41, 5.74) is 0.0714. The normalized spacial score (nSPS) is 14.9. The molecule has 1 aliphatic rings. The van der Waals surface area contributed by atoms with Gasteiger partial charge in [-0.25, -0.2) is 4.79 Å². The molecule has 1 aromatic carbocycles. The van der Waals surface area contributed by atoms with E-state index in [1.807, 2.05) is 26.8 Å².